The Kier molecular flexibility index (Phi) is 6.93. The molecule has 1 atom stereocenters. The summed E-state index contributed by atoms with van der Waals surface area (Å²) in [5.41, 5.74) is -0.163. The molecule has 0 fully saturated rings. The molecular weight excluding hydrogens is 438 g/mol. The van der Waals surface area contributed by atoms with Gasteiger partial charge in [-0.1, -0.05) is 30.3 Å². The van der Waals surface area contributed by atoms with Gasteiger partial charge in [-0.05, 0) is 11.6 Å². The van der Waals surface area contributed by atoms with E-state index in [1.165, 1.54) is 23.2 Å². The van der Waals surface area contributed by atoms with Crippen LogP contribution in [0.2, 0.25) is 0 Å². The molecule has 2 N–H and O–H groups in total. The van der Waals surface area contributed by atoms with Crippen LogP contribution in [0, 0.1) is 20.2 Å². The van der Waals surface area contributed by atoms with Crippen molar-refractivity contribution in [2.75, 3.05) is 0 Å². The molecule has 13 heteroatoms. The van der Waals surface area contributed by atoms with Crippen LogP contribution in [-0.2, 0) is 22.6 Å². The second-order valence-electron chi connectivity index (χ2n) is 6.74. The topological polar surface area (TPSA) is 180 Å². The second kappa shape index (κ2) is 10.00. The Balaban J connectivity index is 1.79. The van der Waals surface area contributed by atoms with E-state index in [0.717, 1.165) is 12.1 Å². The van der Waals surface area contributed by atoms with Crippen LogP contribution in [-0.4, -0.2) is 42.6 Å². The first kappa shape index (κ1) is 22.9. The molecular formula is C20H17N5O8. The Labute approximate surface area is 185 Å². The Hall–Kier alpha value is -4.81. The summed E-state index contributed by atoms with van der Waals surface area (Å²) in [5.74, 6) is -1.36. The highest BCUT2D eigenvalue weighted by Gasteiger charge is 2.26. The SMILES string of the molecule is O=C(NC(Cc1cncn1-c1ccc([N+](=O)[O-])cc1[N+](=O)[O-])C(=O)O)OCc1ccccc1. The summed E-state index contributed by atoms with van der Waals surface area (Å²) in [6.45, 7) is -0.0636. The lowest BCUT2D eigenvalue weighted by Crippen LogP contribution is -2.42. The normalized spacial score (nSPS) is 11.4. The van der Waals surface area contributed by atoms with Gasteiger partial charge in [-0.2, -0.15) is 0 Å². The highest BCUT2D eigenvalue weighted by molar-refractivity contribution is 5.80. The van der Waals surface area contributed by atoms with Gasteiger partial charge in [0.15, 0.2) is 0 Å². The maximum Gasteiger partial charge on any atom is 0.408 e. The van der Waals surface area contributed by atoms with Gasteiger partial charge >= 0.3 is 12.1 Å². The molecule has 0 bridgehead atoms. The molecule has 0 saturated carbocycles. The molecule has 13 nitrogen and oxygen atoms in total. The number of nitrogens with one attached hydrogen (secondary N) is 1. The number of nitrogens with zero attached hydrogens (tertiary/aromatic N) is 4. The number of aromatic nitrogens is 2. The van der Waals surface area contributed by atoms with Gasteiger partial charge in [0.2, 0.25) is 0 Å². The number of imidazole rings is 1. The van der Waals surface area contributed by atoms with Crippen molar-refractivity contribution in [2.45, 2.75) is 19.1 Å². The first-order valence-electron chi connectivity index (χ1n) is 9.40. The molecule has 33 heavy (non-hydrogen) atoms. The number of benzene rings is 2. The fraction of sp³-hybridized carbons (Fsp3) is 0.150. The van der Waals surface area contributed by atoms with Crippen molar-refractivity contribution in [3.05, 3.63) is 92.5 Å². The lowest BCUT2D eigenvalue weighted by Gasteiger charge is -2.16. The fourth-order valence-corrected chi connectivity index (χ4v) is 2.98. The molecule has 1 unspecified atom stereocenters. The van der Waals surface area contributed by atoms with Crippen LogP contribution in [0.5, 0.6) is 0 Å². The first-order valence-corrected chi connectivity index (χ1v) is 9.40. The largest absolute Gasteiger partial charge is 0.480 e. The number of carbonyl (C=O) groups is 2. The van der Waals surface area contributed by atoms with E-state index in [2.05, 4.69) is 10.3 Å². The van der Waals surface area contributed by atoms with E-state index in [0.29, 0.717) is 5.56 Å². The van der Waals surface area contributed by atoms with E-state index in [4.69, 9.17) is 4.74 Å². The van der Waals surface area contributed by atoms with Crippen molar-refractivity contribution < 1.29 is 29.3 Å². The number of carbonyl (C=O) groups excluding carboxylic acids is 1. The summed E-state index contributed by atoms with van der Waals surface area (Å²) in [6, 6.07) is 10.4. The molecule has 1 heterocycles. The van der Waals surface area contributed by atoms with E-state index < -0.39 is 39.3 Å². The summed E-state index contributed by atoms with van der Waals surface area (Å²) in [7, 11) is 0. The van der Waals surface area contributed by atoms with E-state index in [9.17, 15) is 34.9 Å². The van der Waals surface area contributed by atoms with Crippen molar-refractivity contribution in [3.63, 3.8) is 0 Å². The molecule has 0 spiro atoms. The number of aliphatic carboxylic acids is 1. The highest BCUT2D eigenvalue weighted by Crippen LogP contribution is 2.29. The van der Waals surface area contributed by atoms with Gasteiger partial charge in [0, 0.05) is 24.4 Å². The molecule has 0 aliphatic rings. The maximum atomic E-state index is 12.1. The number of ether oxygens (including phenoxy) is 1. The number of hydrogen-bond donors (Lipinski definition) is 2. The van der Waals surface area contributed by atoms with E-state index in [1.807, 2.05) is 0 Å². The third-order valence-corrected chi connectivity index (χ3v) is 4.56. The number of nitro benzene ring substituents is 2. The van der Waals surface area contributed by atoms with Gasteiger partial charge in [-0.25, -0.2) is 14.6 Å². The van der Waals surface area contributed by atoms with Crippen molar-refractivity contribution in [2.24, 2.45) is 0 Å². The number of carboxylic acid groups (broad SMARTS) is 1. The summed E-state index contributed by atoms with van der Waals surface area (Å²) in [5, 5.41) is 34.2. The Morgan fingerprint density at radius 1 is 1.12 bits per heavy atom. The van der Waals surface area contributed by atoms with Crippen molar-refractivity contribution >= 4 is 23.4 Å². The number of alkyl carbamates (subject to hydrolysis) is 1. The van der Waals surface area contributed by atoms with E-state index in [1.54, 1.807) is 30.3 Å². The van der Waals surface area contributed by atoms with Crippen LogP contribution in [0.25, 0.3) is 5.69 Å². The number of non-ortho nitro benzene ring substituents is 1. The quantitative estimate of drug-likeness (QED) is 0.362. The van der Waals surface area contributed by atoms with Crippen LogP contribution in [0.4, 0.5) is 16.2 Å². The molecule has 0 radical (unpaired) electrons. The highest BCUT2D eigenvalue weighted by atomic mass is 16.6. The van der Waals surface area contributed by atoms with Crippen LogP contribution >= 0.6 is 0 Å². The number of hydrogen-bond acceptors (Lipinski definition) is 8. The van der Waals surface area contributed by atoms with Crippen molar-refractivity contribution in [3.8, 4) is 5.69 Å². The van der Waals surface area contributed by atoms with Gasteiger partial charge in [0.25, 0.3) is 11.4 Å². The van der Waals surface area contributed by atoms with Gasteiger partial charge in [0.05, 0.1) is 22.2 Å². The zero-order valence-electron chi connectivity index (χ0n) is 16.9. The molecule has 1 aromatic heterocycles. The maximum absolute atomic E-state index is 12.1. The molecule has 0 aliphatic carbocycles. The zero-order chi connectivity index (χ0) is 24.0. The fourth-order valence-electron chi connectivity index (χ4n) is 2.98. The predicted octanol–water partition coefficient (Wildman–Crippen LogP) is 2.61. The minimum absolute atomic E-state index is 0.0473. The molecule has 0 saturated heterocycles. The van der Waals surface area contributed by atoms with Crippen LogP contribution in [0.15, 0.2) is 61.1 Å². The third-order valence-electron chi connectivity index (χ3n) is 4.56. The predicted molar refractivity (Wildman–Crippen MR) is 112 cm³/mol. The molecule has 3 aromatic rings. The molecule has 0 aliphatic heterocycles. The average molecular weight is 455 g/mol. The Morgan fingerprint density at radius 2 is 1.85 bits per heavy atom. The van der Waals surface area contributed by atoms with Crippen molar-refractivity contribution in [1.29, 1.82) is 0 Å². The van der Waals surface area contributed by atoms with Gasteiger partial charge in [0.1, 0.15) is 18.3 Å². The summed E-state index contributed by atoms with van der Waals surface area (Å²) < 4.78 is 6.27. The molecule has 170 valence electrons. The lowest BCUT2D eigenvalue weighted by atomic mass is 10.1. The summed E-state index contributed by atoms with van der Waals surface area (Å²) in [6.07, 6.45) is 1.23. The lowest BCUT2D eigenvalue weighted by molar-refractivity contribution is -0.394. The summed E-state index contributed by atoms with van der Waals surface area (Å²) in [4.78, 5) is 48.5. The number of carboxylic acids is 1. The smallest absolute Gasteiger partial charge is 0.408 e. The van der Waals surface area contributed by atoms with Crippen LogP contribution in [0.1, 0.15) is 11.3 Å². The number of amides is 1. The molecule has 1 amide bonds. The average Bonchev–Trinajstić information content (AvgIpc) is 3.25. The van der Waals surface area contributed by atoms with E-state index >= 15 is 0 Å². The summed E-state index contributed by atoms with van der Waals surface area (Å²) >= 11 is 0. The number of nitro groups is 2. The number of rotatable bonds is 9. The van der Waals surface area contributed by atoms with Gasteiger partial charge < -0.3 is 15.2 Å². The zero-order valence-corrected chi connectivity index (χ0v) is 16.9. The second-order valence-corrected chi connectivity index (χ2v) is 6.74. The Bertz CT molecular complexity index is 1190. The van der Waals surface area contributed by atoms with Gasteiger partial charge in [-0.3, -0.25) is 24.8 Å². The standard InChI is InChI=1S/C20H17N5O8/c26-19(27)16(22-20(28)33-11-13-4-2-1-3-5-13)8-15-10-21-12-23(15)17-7-6-14(24(29)30)9-18(17)25(31)32/h1-7,9-10,12,16H,8,11H2,(H,22,28)(H,26,27). The van der Waals surface area contributed by atoms with E-state index in [-0.39, 0.29) is 24.4 Å². The van der Waals surface area contributed by atoms with Crippen LogP contribution < -0.4 is 5.32 Å². The van der Waals surface area contributed by atoms with Crippen LogP contribution in [0.3, 0.4) is 0 Å². The molecule has 3 rings (SSSR count). The van der Waals surface area contributed by atoms with Crippen molar-refractivity contribution in [1.82, 2.24) is 14.9 Å². The molecule has 2 aromatic carbocycles. The first-order chi connectivity index (χ1) is 15.8. The monoisotopic (exact) mass is 455 g/mol. The van der Waals surface area contributed by atoms with Gasteiger partial charge in [-0.15, -0.1) is 0 Å². The minimum Gasteiger partial charge on any atom is -0.480 e. The third kappa shape index (κ3) is 5.66. The minimum atomic E-state index is -1.43. The Morgan fingerprint density at radius 3 is 2.48 bits per heavy atom.